The number of ether oxygens (including phenoxy) is 1. The fourth-order valence-electron chi connectivity index (χ4n) is 1.90. The summed E-state index contributed by atoms with van der Waals surface area (Å²) in [7, 11) is 1.58. The Kier molecular flexibility index (Phi) is 10.3. The topological polar surface area (TPSA) is 83.6 Å². The first-order valence-corrected chi connectivity index (χ1v) is 7.34. The molecule has 10 heteroatoms. The molecule has 1 fully saturated rings. The van der Waals surface area contributed by atoms with Crippen LogP contribution in [-0.4, -0.2) is 61.1 Å². The van der Waals surface area contributed by atoms with E-state index in [1.165, 1.54) is 4.90 Å². The zero-order chi connectivity index (χ0) is 15.2. The quantitative estimate of drug-likeness (QED) is 0.747. The molecule has 1 aliphatic rings. The monoisotopic (exact) mass is 428 g/mol. The highest BCUT2D eigenvalue weighted by Crippen LogP contribution is 2.10. The number of nitrogens with one attached hydrogen (secondary N) is 2. The second-order valence-corrected chi connectivity index (χ2v) is 5.58. The first-order chi connectivity index (χ1) is 10.1. The number of halogens is 3. The number of amides is 2. The highest BCUT2D eigenvalue weighted by Gasteiger charge is 2.25. The van der Waals surface area contributed by atoms with Gasteiger partial charge in [-0.15, -0.1) is 24.8 Å². The van der Waals surface area contributed by atoms with Crippen molar-refractivity contribution in [2.75, 3.05) is 38.6 Å². The van der Waals surface area contributed by atoms with Crippen molar-refractivity contribution >= 4 is 58.4 Å². The summed E-state index contributed by atoms with van der Waals surface area (Å²) < 4.78 is 6.20. The predicted molar refractivity (Wildman–Crippen MR) is 95.3 cm³/mol. The van der Waals surface area contributed by atoms with E-state index in [4.69, 9.17) is 4.74 Å². The van der Waals surface area contributed by atoms with Crippen molar-refractivity contribution in [1.29, 1.82) is 0 Å². The summed E-state index contributed by atoms with van der Waals surface area (Å²) in [4.78, 5) is 29.4. The van der Waals surface area contributed by atoms with Gasteiger partial charge in [-0.1, -0.05) is 0 Å². The number of hydrogen-bond donors (Lipinski definition) is 2. The van der Waals surface area contributed by atoms with Crippen LogP contribution in [0.2, 0.25) is 0 Å². The number of likely N-dealkylation sites (N-methyl/N-ethyl adjacent to an activating group) is 1. The summed E-state index contributed by atoms with van der Waals surface area (Å²) >= 11 is 3.27. The molecule has 2 rings (SSSR count). The highest BCUT2D eigenvalue weighted by molar-refractivity contribution is 9.10. The van der Waals surface area contributed by atoms with Crippen molar-refractivity contribution in [3.63, 3.8) is 0 Å². The molecule has 2 amide bonds. The lowest BCUT2D eigenvalue weighted by Gasteiger charge is -2.26. The number of rotatable bonds is 4. The lowest BCUT2D eigenvalue weighted by atomic mass is 10.2. The van der Waals surface area contributed by atoms with Gasteiger partial charge in [0.25, 0.3) is 5.91 Å². The smallest absolute Gasteiger partial charge is 0.253 e. The van der Waals surface area contributed by atoms with Gasteiger partial charge in [-0.05, 0) is 28.1 Å². The van der Waals surface area contributed by atoms with Gasteiger partial charge in [0.2, 0.25) is 5.91 Å². The highest BCUT2D eigenvalue weighted by atomic mass is 79.9. The third-order valence-corrected chi connectivity index (χ3v) is 3.42. The van der Waals surface area contributed by atoms with Crippen LogP contribution in [0.3, 0.4) is 0 Å². The molecule has 1 atom stereocenters. The first-order valence-electron chi connectivity index (χ1n) is 6.55. The Hall–Kier alpha value is -0.930. The fraction of sp³-hybridized carbons (Fsp3) is 0.462. The third kappa shape index (κ3) is 7.01. The van der Waals surface area contributed by atoms with E-state index in [1.807, 2.05) is 0 Å². The van der Waals surface area contributed by atoms with Crippen LogP contribution in [-0.2, 0) is 14.3 Å². The van der Waals surface area contributed by atoms with Crippen molar-refractivity contribution in [2.24, 2.45) is 0 Å². The second-order valence-electron chi connectivity index (χ2n) is 4.67. The minimum absolute atomic E-state index is 0. The molecule has 2 N–H and O–H groups in total. The summed E-state index contributed by atoms with van der Waals surface area (Å²) in [6.07, 6.45) is 1.06. The van der Waals surface area contributed by atoms with Gasteiger partial charge in [0.05, 0.1) is 13.2 Å². The van der Waals surface area contributed by atoms with Crippen LogP contribution in [0.5, 0.6) is 0 Å². The molecule has 130 valence electrons. The number of carbonyl (C=O) groups is 2. The van der Waals surface area contributed by atoms with Crippen LogP contribution in [0.1, 0.15) is 0 Å². The molecule has 1 saturated heterocycles. The Bertz CT molecular complexity index is 512. The Morgan fingerprint density at radius 3 is 2.78 bits per heavy atom. The molecule has 1 unspecified atom stereocenters. The molecule has 2 heterocycles. The largest absolute Gasteiger partial charge is 0.366 e. The molecular weight excluding hydrogens is 411 g/mol. The number of hydrogen-bond acceptors (Lipinski definition) is 5. The van der Waals surface area contributed by atoms with Crippen LogP contribution in [0, 0.1) is 0 Å². The molecular formula is C13H19BrCl2N4O3. The number of carbonyl (C=O) groups excluding carboxylic acids is 2. The van der Waals surface area contributed by atoms with E-state index in [2.05, 4.69) is 31.5 Å². The second kappa shape index (κ2) is 10.8. The van der Waals surface area contributed by atoms with Crippen molar-refractivity contribution < 1.29 is 14.3 Å². The lowest BCUT2D eigenvalue weighted by Crippen LogP contribution is -2.49. The SMILES string of the molecule is CN(CC(=O)Nc1ccc(Br)cn1)C(=O)C1CNCCO1.Cl.Cl. The van der Waals surface area contributed by atoms with E-state index in [-0.39, 0.29) is 43.2 Å². The third-order valence-electron chi connectivity index (χ3n) is 2.95. The van der Waals surface area contributed by atoms with Gasteiger partial charge in [0.15, 0.2) is 0 Å². The van der Waals surface area contributed by atoms with Crippen molar-refractivity contribution in [1.82, 2.24) is 15.2 Å². The number of morpholine rings is 1. The zero-order valence-electron chi connectivity index (χ0n) is 12.5. The standard InChI is InChI=1S/C13H17BrN4O3.2ClH/c1-18(13(20)10-7-15-4-5-21-10)8-12(19)17-11-3-2-9(14)6-16-11;;/h2-3,6,10,15H,4-5,7-8H2,1H3,(H,16,17,19);2*1H. The summed E-state index contributed by atoms with van der Waals surface area (Å²) in [6.45, 7) is 1.66. The minimum Gasteiger partial charge on any atom is -0.366 e. The van der Waals surface area contributed by atoms with Crippen LogP contribution in [0.15, 0.2) is 22.8 Å². The maximum Gasteiger partial charge on any atom is 0.253 e. The van der Waals surface area contributed by atoms with Crippen molar-refractivity contribution in [2.45, 2.75) is 6.10 Å². The molecule has 1 aromatic heterocycles. The normalized spacial score (nSPS) is 16.5. The van der Waals surface area contributed by atoms with Crippen LogP contribution < -0.4 is 10.6 Å². The van der Waals surface area contributed by atoms with E-state index in [1.54, 1.807) is 25.4 Å². The molecule has 0 saturated carbocycles. The summed E-state index contributed by atoms with van der Waals surface area (Å²) in [5.41, 5.74) is 0. The van der Waals surface area contributed by atoms with E-state index in [0.717, 1.165) is 11.0 Å². The van der Waals surface area contributed by atoms with Crippen molar-refractivity contribution in [3.8, 4) is 0 Å². The molecule has 0 bridgehead atoms. The van der Waals surface area contributed by atoms with Gasteiger partial charge in [-0.2, -0.15) is 0 Å². The first kappa shape index (κ1) is 22.1. The zero-order valence-corrected chi connectivity index (χ0v) is 15.7. The minimum atomic E-state index is -0.526. The molecule has 0 aromatic carbocycles. The molecule has 23 heavy (non-hydrogen) atoms. The van der Waals surface area contributed by atoms with Gasteiger partial charge in [0, 0.05) is 30.8 Å². The van der Waals surface area contributed by atoms with Gasteiger partial charge < -0.3 is 20.3 Å². The number of anilines is 1. The number of pyridine rings is 1. The summed E-state index contributed by atoms with van der Waals surface area (Å²) in [5, 5.41) is 5.72. The fourth-order valence-corrected chi connectivity index (χ4v) is 2.13. The molecule has 1 aliphatic heterocycles. The van der Waals surface area contributed by atoms with E-state index >= 15 is 0 Å². The molecule has 0 aliphatic carbocycles. The van der Waals surface area contributed by atoms with Crippen LogP contribution in [0.4, 0.5) is 5.82 Å². The van der Waals surface area contributed by atoms with E-state index in [0.29, 0.717) is 19.0 Å². The maximum atomic E-state index is 12.1. The van der Waals surface area contributed by atoms with Crippen LogP contribution >= 0.6 is 40.7 Å². The molecule has 1 aromatic rings. The number of aromatic nitrogens is 1. The lowest BCUT2D eigenvalue weighted by molar-refractivity contribution is -0.145. The average Bonchev–Trinajstić information content (AvgIpc) is 2.49. The molecule has 0 radical (unpaired) electrons. The Morgan fingerprint density at radius 1 is 1.48 bits per heavy atom. The maximum absolute atomic E-state index is 12.1. The number of nitrogens with zero attached hydrogens (tertiary/aromatic N) is 2. The van der Waals surface area contributed by atoms with Crippen LogP contribution in [0.25, 0.3) is 0 Å². The average molecular weight is 430 g/mol. The Balaban J connectivity index is 0.00000242. The van der Waals surface area contributed by atoms with E-state index in [9.17, 15) is 9.59 Å². The predicted octanol–water partition coefficient (Wildman–Crippen LogP) is 1.07. The molecule has 0 spiro atoms. The van der Waals surface area contributed by atoms with Gasteiger partial charge in [-0.25, -0.2) is 4.98 Å². The summed E-state index contributed by atoms with van der Waals surface area (Å²) in [6, 6.07) is 3.46. The van der Waals surface area contributed by atoms with E-state index < -0.39 is 6.10 Å². The van der Waals surface area contributed by atoms with Gasteiger partial charge in [0.1, 0.15) is 11.9 Å². The van der Waals surface area contributed by atoms with Gasteiger partial charge in [-0.3, -0.25) is 9.59 Å². The Labute approximate surface area is 155 Å². The van der Waals surface area contributed by atoms with Gasteiger partial charge >= 0.3 is 0 Å². The Morgan fingerprint density at radius 2 is 2.22 bits per heavy atom. The summed E-state index contributed by atoms with van der Waals surface area (Å²) in [5.74, 6) is -0.0646. The van der Waals surface area contributed by atoms with Crippen molar-refractivity contribution in [3.05, 3.63) is 22.8 Å². The molecule has 7 nitrogen and oxygen atoms in total.